The minimum Gasteiger partial charge on any atom is -0.0985 e. The number of unbranched alkanes of at least 4 members (excludes halogenated alkanes) is 3. The van der Waals surface area contributed by atoms with E-state index in [-0.39, 0.29) is 0 Å². The lowest BCUT2D eigenvalue weighted by atomic mass is 10.0. The summed E-state index contributed by atoms with van der Waals surface area (Å²) in [5.74, 6) is 0. The Kier molecular flexibility index (Phi) is 9.47. The fourth-order valence-corrected chi connectivity index (χ4v) is 2.52. The molecule has 0 atom stereocenters. The van der Waals surface area contributed by atoms with E-state index in [9.17, 15) is 0 Å². The van der Waals surface area contributed by atoms with Gasteiger partial charge < -0.3 is 0 Å². The number of hydrogen-bond acceptors (Lipinski definition) is 0. The Hall–Kier alpha value is -2.08. The van der Waals surface area contributed by atoms with Gasteiger partial charge in [0.15, 0.2) is 0 Å². The number of rotatable bonds is 7. The van der Waals surface area contributed by atoms with Crippen molar-refractivity contribution >= 4 is 12.2 Å². The highest BCUT2D eigenvalue weighted by Gasteiger charge is 1.97. The summed E-state index contributed by atoms with van der Waals surface area (Å²) in [5.41, 5.74) is 5.24. The number of hydrogen-bond donors (Lipinski definition) is 0. The van der Waals surface area contributed by atoms with E-state index in [0.717, 1.165) is 0 Å². The van der Waals surface area contributed by atoms with Gasteiger partial charge in [0.2, 0.25) is 0 Å². The van der Waals surface area contributed by atoms with Gasteiger partial charge in [0.1, 0.15) is 0 Å². The second-order valence-corrected chi connectivity index (χ2v) is 5.77. The van der Waals surface area contributed by atoms with Gasteiger partial charge in [0.05, 0.1) is 0 Å². The van der Waals surface area contributed by atoms with Crippen molar-refractivity contribution in [1.82, 2.24) is 0 Å². The molecule has 23 heavy (non-hydrogen) atoms. The molecule has 122 valence electrons. The van der Waals surface area contributed by atoms with Gasteiger partial charge in [-0.05, 0) is 42.0 Å². The van der Waals surface area contributed by atoms with Crippen molar-refractivity contribution in [1.29, 1.82) is 0 Å². The van der Waals surface area contributed by atoms with Crippen molar-refractivity contribution in [3.63, 3.8) is 0 Å². The maximum atomic E-state index is 3.84. The molecule has 2 rings (SSSR count). The third-order valence-electron chi connectivity index (χ3n) is 3.98. The Bertz CT molecular complexity index is 592. The second-order valence-electron chi connectivity index (χ2n) is 5.77. The molecule has 0 unspecified atom stereocenters. The average molecular weight is 306 g/mol. The minimum atomic E-state index is 1.20. The first-order valence-corrected chi connectivity index (χ1v) is 8.61. The summed E-state index contributed by atoms with van der Waals surface area (Å²) in [4.78, 5) is 0. The van der Waals surface area contributed by atoms with Crippen molar-refractivity contribution in [2.75, 3.05) is 0 Å². The van der Waals surface area contributed by atoms with E-state index < -0.39 is 0 Å². The van der Waals surface area contributed by atoms with Crippen molar-refractivity contribution in [3.8, 4) is 0 Å². The van der Waals surface area contributed by atoms with Gasteiger partial charge in [-0.1, -0.05) is 100 Å². The van der Waals surface area contributed by atoms with E-state index in [0.29, 0.717) is 0 Å². The van der Waals surface area contributed by atoms with Gasteiger partial charge in [-0.3, -0.25) is 0 Å². The van der Waals surface area contributed by atoms with E-state index in [4.69, 9.17) is 0 Å². The van der Waals surface area contributed by atoms with Crippen LogP contribution in [0.2, 0.25) is 0 Å². The lowest BCUT2D eigenvalue weighted by Gasteiger charge is -2.04. The third kappa shape index (κ3) is 7.15. The zero-order chi connectivity index (χ0) is 16.9. The highest BCUT2D eigenvalue weighted by Crippen LogP contribution is 2.14. The van der Waals surface area contributed by atoms with E-state index in [1.165, 1.54) is 54.4 Å². The predicted molar refractivity (Wildman–Crippen MR) is 106 cm³/mol. The van der Waals surface area contributed by atoms with Crippen LogP contribution in [0.5, 0.6) is 0 Å². The molecular formula is C23H30. The molecule has 0 amide bonds. The minimum absolute atomic E-state index is 1.20. The van der Waals surface area contributed by atoms with Crippen LogP contribution in [0.15, 0.2) is 61.7 Å². The molecule has 0 heterocycles. The van der Waals surface area contributed by atoms with E-state index in [1.54, 1.807) is 0 Å². The standard InChI is InChI=1S/C14H20.C9H10/c1-3-5-6-7-11-14-12-9-8-10-13(14)4-2;1-3-9-7-5-4-6-8(9)2/h4,8-10,12H,2-3,5-7,11H2,1H3;3-7H,1H2,2H3. The van der Waals surface area contributed by atoms with Crippen molar-refractivity contribution in [2.24, 2.45) is 0 Å². The van der Waals surface area contributed by atoms with Crippen molar-refractivity contribution in [3.05, 3.63) is 83.9 Å². The molecule has 2 aromatic carbocycles. The van der Waals surface area contributed by atoms with Gasteiger partial charge in [0, 0.05) is 0 Å². The third-order valence-corrected chi connectivity index (χ3v) is 3.98. The Labute approximate surface area is 142 Å². The maximum absolute atomic E-state index is 3.84. The Morgan fingerprint density at radius 2 is 1.39 bits per heavy atom. The van der Waals surface area contributed by atoms with Crippen LogP contribution in [0.1, 0.15) is 54.9 Å². The summed E-state index contributed by atoms with van der Waals surface area (Å²) in [6.07, 6.45) is 10.3. The van der Waals surface area contributed by atoms with Gasteiger partial charge >= 0.3 is 0 Å². The highest BCUT2D eigenvalue weighted by molar-refractivity contribution is 5.52. The van der Waals surface area contributed by atoms with Crippen LogP contribution < -0.4 is 0 Å². The van der Waals surface area contributed by atoms with Crippen molar-refractivity contribution in [2.45, 2.75) is 46.0 Å². The molecule has 0 heteroatoms. The van der Waals surface area contributed by atoms with Crippen LogP contribution in [-0.4, -0.2) is 0 Å². The van der Waals surface area contributed by atoms with Crippen LogP contribution in [0, 0.1) is 6.92 Å². The van der Waals surface area contributed by atoms with E-state index in [2.05, 4.69) is 63.4 Å². The monoisotopic (exact) mass is 306 g/mol. The van der Waals surface area contributed by atoms with Crippen LogP contribution >= 0.6 is 0 Å². The lowest BCUT2D eigenvalue weighted by molar-refractivity contribution is 0.666. The molecule has 0 nitrogen and oxygen atoms in total. The van der Waals surface area contributed by atoms with Crippen molar-refractivity contribution < 1.29 is 0 Å². The maximum Gasteiger partial charge on any atom is -0.0230 e. The van der Waals surface area contributed by atoms with E-state index >= 15 is 0 Å². The summed E-state index contributed by atoms with van der Waals surface area (Å²) in [6, 6.07) is 16.7. The summed E-state index contributed by atoms with van der Waals surface area (Å²) in [6.45, 7) is 11.9. The molecule has 0 fully saturated rings. The van der Waals surface area contributed by atoms with Gasteiger partial charge in [-0.2, -0.15) is 0 Å². The Balaban J connectivity index is 0.000000253. The molecule has 0 aliphatic rings. The SMILES string of the molecule is C=Cc1ccccc1C.C=Cc1ccccc1CCCCCC. The zero-order valence-corrected chi connectivity index (χ0v) is 14.7. The second kappa shape index (κ2) is 11.5. The van der Waals surface area contributed by atoms with Crippen LogP contribution in [-0.2, 0) is 6.42 Å². The van der Waals surface area contributed by atoms with E-state index in [1.807, 2.05) is 24.3 Å². The van der Waals surface area contributed by atoms with Gasteiger partial charge in [-0.25, -0.2) is 0 Å². The van der Waals surface area contributed by atoms with Crippen LogP contribution in [0.4, 0.5) is 0 Å². The van der Waals surface area contributed by atoms with Crippen LogP contribution in [0.25, 0.3) is 12.2 Å². The molecule has 0 N–H and O–H groups in total. The molecule has 0 radical (unpaired) electrons. The zero-order valence-electron chi connectivity index (χ0n) is 14.7. The lowest BCUT2D eigenvalue weighted by Crippen LogP contribution is -1.89. The molecule has 0 aliphatic carbocycles. The smallest absolute Gasteiger partial charge is 0.0230 e. The fourth-order valence-electron chi connectivity index (χ4n) is 2.52. The molecule has 0 saturated heterocycles. The molecule has 0 aromatic heterocycles. The van der Waals surface area contributed by atoms with Gasteiger partial charge in [-0.15, -0.1) is 0 Å². The summed E-state index contributed by atoms with van der Waals surface area (Å²) in [5, 5.41) is 0. The quantitative estimate of drug-likeness (QED) is 0.479. The first-order valence-electron chi connectivity index (χ1n) is 8.61. The number of benzene rings is 2. The van der Waals surface area contributed by atoms with Gasteiger partial charge in [0.25, 0.3) is 0 Å². The molecule has 0 saturated carbocycles. The largest absolute Gasteiger partial charge is 0.0985 e. The first-order chi connectivity index (χ1) is 11.2. The first kappa shape index (κ1) is 19.0. The Morgan fingerprint density at radius 1 is 0.783 bits per heavy atom. The summed E-state index contributed by atoms with van der Waals surface area (Å²) < 4.78 is 0. The normalized spacial score (nSPS) is 9.65. The summed E-state index contributed by atoms with van der Waals surface area (Å²) >= 11 is 0. The molecule has 0 spiro atoms. The molecule has 0 aliphatic heterocycles. The predicted octanol–water partition coefficient (Wildman–Crippen LogP) is 7.09. The molecule has 0 bridgehead atoms. The highest BCUT2D eigenvalue weighted by atomic mass is 14.0. The van der Waals surface area contributed by atoms with Crippen LogP contribution in [0.3, 0.4) is 0 Å². The number of aryl methyl sites for hydroxylation is 2. The topological polar surface area (TPSA) is 0 Å². The summed E-state index contributed by atoms with van der Waals surface area (Å²) in [7, 11) is 0. The molecular weight excluding hydrogens is 276 g/mol. The Morgan fingerprint density at radius 3 is 1.96 bits per heavy atom. The molecule has 2 aromatic rings. The average Bonchev–Trinajstić information content (AvgIpc) is 2.60. The fraction of sp³-hybridized carbons (Fsp3) is 0.304.